The van der Waals surface area contributed by atoms with Gasteiger partial charge in [-0.1, -0.05) is 78.0 Å². The number of amides is 1. The summed E-state index contributed by atoms with van der Waals surface area (Å²) in [7, 11) is -4.21. The Morgan fingerprint density at radius 2 is 1.70 bits per heavy atom. The van der Waals surface area contributed by atoms with Crippen molar-refractivity contribution in [1.82, 2.24) is 24.9 Å². The Hall–Kier alpha value is -5.50. The molecule has 5 aromatic rings. The zero-order valence-electron chi connectivity index (χ0n) is 26.9. The first-order chi connectivity index (χ1) is 24.2. The number of rotatable bonds is 12. The van der Waals surface area contributed by atoms with Crippen molar-refractivity contribution in [1.29, 1.82) is 5.26 Å². The fourth-order valence-electron chi connectivity index (χ4n) is 5.23. The lowest BCUT2D eigenvalue weighted by Gasteiger charge is -2.34. The van der Waals surface area contributed by atoms with Gasteiger partial charge >= 0.3 is 10.9 Å². The number of carbonyl (C=O) groups is 1. The summed E-state index contributed by atoms with van der Waals surface area (Å²) < 4.78 is 36.1. The topological polar surface area (TPSA) is 181 Å². The molecular weight excluding hydrogens is 681 g/mol. The van der Waals surface area contributed by atoms with Gasteiger partial charge in [0.1, 0.15) is 18.2 Å². The molecule has 1 amide bonds. The normalized spacial score (nSPS) is 13.5. The number of aromatic nitrogens is 4. The highest BCUT2D eigenvalue weighted by Gasteiger charge is 2.36. The molecule has 0 aliphatic carbocycles. The monoisotopic (exact) mass is 712 g/mol. The number of aryl methyl sites for hydroxylation is 1. The van der Waals surface area contributed by atoms with E-state index in [1.165, 1.54) is 23.9 Å². The van der Waals surface area contributed by atoms with E-state index in [0.29, 0.717) is 55.0 Å². The Labute approximate surface area is 292 Å². The van der Waals surface area contributed by atoms with Crippen molar-refractivity contribution in [2.75, 3.05) is 50.4 Å². The molecule has 16 heteroatoms. The summed E-state index contributed by atoms with van der Waals surface area (Å²) >= 11 is 1.20. The van der Waals surface area contributed by atoms with Gasteiger partial charge in [-0.25, -0.2) is 18.4 Å². The highest BCUT2D eigenvalue weighted by molar-refractivity contribution is 7.99. The predicted molar refractivity (Wildman–Crippen MR) is 183 cm³/mol. The smallest absolute Gasteiger partial charge is 0.415 e. The van der Waals surface area contributed by atoms with Crippen molar-refractivity contribution in [3.63, 3.8) is 0 Å². The van der Waals surface area contributed by atoms with Crippen LogP contribution >= 0.6 is 11.8 Å². The molecule has 256 valence electrons. The van der Waals surface area contributed by atoms with E-state index < -0.39 is 20.7 Å². The SMILES string of the molecule is Cc1ccc(Nc2nc(SCC(=O)N3CCN(CCOc4no[n+]([O-])c4S(=O)(=O)c4ccccc4)CC3)nc(-c3ccccc3)c2C#N)cc1. The van der Waals surface area contributed by atoms with Gasteiger partial charge < -0.3 is 20.2 Å². The number of hydrogen-bond donors (Lipinski definition) is 1. The van der Waals surface area contributed by atoms with Gasteiger partial charge in [0.15, 0.2) is 11.0 Å². The van der Waals surface area contributed by atoms with Crippen LogP contribution in [-0.4, -0.2) is 84.3 Å². The zero-order valence-corrected chi connectivity index (χ0v) is 28.6. The van der Waals surface area contributed by atoms with Crippen molar-refractivity contribution < 1.29 is 27.5 Å². The van der Waals surface area contributed by atoms with Crippen LogP contribution in [0.5, 0.6) is 5.88 Å². The number of hydrogen-bond acceptors (Lipinski definition) is 13. The summed E-state index contributed by atoms with van der Waals surface area (Å²) in [5, 5.41) is 28.6. The van der Waals surface area contributed by atoms with Crippen LogP contribution in [0.1, 0.15) is 11.1 Å². The van der Waals surface area contributed by atoms with E-state index in [0.717, 1.165) is 16.8 Å². The van der Waals surface area contributed by atoms with Gasteiger partial charge in [0, 0.05) is 44.0 Å². The van der Waals surface area contributed by atoms with E-state index >= 15 is 0 Å². The fraction of sp³-hybridized carbons (Fsp3) is 0.235. The number of carbonyl (C=O) groups excluding carboxylic acids is 1. The van der Waals surface area contributed by atoms with E-state index in [2.05, 4.69) is 36.0 Å². The molecule has 1 fully saturated rings. The molecule has 3 heterocycles. The summed E-state index contributed by atoms with van der Waals surface area (Å²) in [6.45, 7) is 4.52. The molecule has 1 aliphatic heterocycles. The van der Waals surface area contributed by atoms with Crippen LogP contribution in [-0.2, 0) is 14.6 Å². The standard InChI is InChI=1S/C34H32N8O6S2/c1-24-12-14-26(15-13-24)36-31-28(22-35)30(25-8-4-2-5-9-25)37-34(38-31)49-23-29(43)41-18-16-40(17-19-41)20-21-47-32-33(42(44)48-39-32)50(45,46)27-10-6-3-7-11-27/h2-15H,16-21,23H2,1H3,(H,36,37,38). The number of nitriles is 1. The summed E-state index contributed by atoms with van der Waals surface area (Å²) in [5.41, 5.74) is 3.41. The molecule has 0 saturated carbocycles. The Morgan fingerprint density at radius 1 is 1.02 bits per heavy atom. The first-order valence-electron chi connectivity index (χ1n) is 15.6. The molecule has 0 bridgehead atoms. The summed E-state index contributed by atoms with van der Waals surface area (Å²) in [4.78, 5) is 26.1. The minimum Gasteiger partial charge on any atom is -0.453 e. The van der Waals surface area contributed by atoms with Gasteiger partial charge in [-0.05, 0) is 36.1 Å². The van der Waals surface area contributed by atoms with Crippen LogP contribution in [0.15, 0.2) is 105 Å². The lowest BCUT2D eigenvalue weighted by molar-refractivity contribution is -0.832. The van der Waals surface area contributed by atoms with E-state index in [9.17, 15) is 23.7 Å². The molecule has 2 aromatic heterocycles. The van der Waals surface area contributed by atoms with Crippen molar-refractivity contribution in [3.05, 3.63) is 101 Å². The third kappa shape index (κ3) is 7.86. The Kier molecular flexibility index (Phi) is 10.6. The van der Waals surface area contributed by atoms with Gasteiger partial charge in [0.05, 0.1) is 21.5 Å². The van der Waals surface area contributed by atoms with Crippen molar-refractivity contribution in [3.8, 4) is 23.2 Å². The molecule has 0 spiro atoms. The minimum atomic E-state index is -4.21. The molecule has 1 saturated heterocycles. The summed E-state index contributed by atoms with van der Waals surface area (Å²) in [5.74, 6) is -0.0249. The van der Waals surface area contributed by atoms with E-state index in [-0.39, 0.29) is 28.1 Å². The van der Waals surface area contributed by atoms with Crippen LogP contribution in [0.25, 0.3) is 11.3 Å². The highest BCUT2D eigenvalue weighted by Crippen LogP contribution is 2.31. The van der Waals surface area contributed by atoms with Crippen molar-refractivity contribution in [2.24, 2.45) is 0 Å². The maximum atomic E-state index is 13.2. The molecule has 14 nitrogen and oxygen atoms in total. The van der Waals surface area contributed by atoms with E-state index in [1.807, 2.05) is 61.5 Å². The zero-order chi connectivity index (χ0) is 35.1. The molecule has 1 aliphatic rings. The summed E-state index contributed by atoms with van der Waals surface area (Å²) in [6.07, 6.45) is 0. The second-order valence-corrected chi connectivity index (χ2v) is 14.1. The van der Waals surface area contributed by atoms with Crippen LogP contribution < -0.4 is 15.0 Å². The molecule has 0 radical (unpaired) electrons. The maximum absolute atomic E-state index is 13.2. The number of thioether (sulfide) groups is 1. The molecule has 1 N–H and O–H groups in total. The van der Waals surface area contributed by atoms with Crippen LogP contribution in [0.2, 0.25) is 0 Å². The average Bonchev–Trinajstić information content (AvgIpc) is 3.52. The van der Waals surface area contributed by atoms with Crippen LogP contribution in [0, 0.1) is 23.5 Å². The molecule has 50 heavy (non-hydrogen) atoms. The molecule has 0 atom stereocenters. The van der Waals surface area contributed by atoms with Crippen LogP contribution in [0.3, 0.4) is 0 Å². The average molecular weight is 713 g/mol. The van der Waals surface area contributed by atoms with Crippen LogP contribution in [0.4, 0.5) is 11.5 Å². The van der Waals surface area contributed by atoms with Gasteiger partial charge in [0.2, 0.25) is 5.91 Å². The largest absolute Gasteiger partial charge is 0.453 e. The number of benzene rings is 3. The molecular formula is C34H32N8O6S2. The lowest BCUT2D eigenvalue weighted by Crippen LogP contribution is -2.50. The minimum absolute atomic E-state index is 0.0480. The number of ether oxygens (including phenoxy) is 1. The maximum Gasteiger partial charge on any atom is 0.415 e. The molecule has 6 rings (SSSR count). The van der Waals surface area contributed by atoms with Gasteiger partial charge in [-0.3, -0.25) is 14.3 Å². The van der Waals surface area contributed by atoms with Gasteiger partial charge in [-0.2, -0.15) is 5.26 Å². The third-order valence-corrected chi connectivity index (χ3v) is 10.5. The summed E-state index contributed by atoms with van der Waals surface area (Å²) in [6, 6.07) is 26.9. The number of sulfone groups is 1. The second kappa shape index (κ2) is 15.4. The number of anilines is 2. The highest BCUT2D eigenvalue weighted by atomic mass is 32.2. The Balaban J connectivity index is 1.05. The van der Waals surface area contributed by atoms with E-state index in [4.69, 9.17) is 4.74 Å². The Bertz CT molecular complexity index is 2100. The number of piperazine rings is 1. The van der Waals surface area contributed by atoms with Gasteiger partial charge in [-0.15, -0.1) is 0 Å². The fourth-order valence-corrected chi connectivity index (χ4v) is 7.27. The first-order valence-corrected chi connectivity index (χ1v) is 18.1. The van der Waals surface area contributed by atoms with Gasteiger partial charge in [0.25, 0.3) is 9.84 Å². The van der Waals surface area contributed by atoms with Crippen molar-refractivity contribution >= 4 is 39.0 Å². The molecule has 3 aromatic carbocycles. The molecule has 0 unspecified atom stereocenters. The number of nitrogens with one attached hydrogen (secondary N) is 1. The van der Waals surface area contributed by atoms with Crippen molar-refractivity contribution in [2.45, 2.75) is 22.0 Å². The first kappa shape index (κ1) is 34.4. The number of nitrogens with zero attached hydrogens (tertiary/aromatic N) is 7. The Morgan fingerprint density at radius 3 is 2.38 bits per heavy atom. The van der Waals surface area contributed by atoms with E-state index in [1.54, 1.807) is 23.1 Å². The lowest BCUT2D eigenvalue weighted by atomic mass is 10.1. The predicted octanol–water partition coefficient (Wildman–Crippen LogP) is 3.84. The second-order valence-electron chi connectivity index (χ2n) is 11.3. The third-order valence-electron chi connectivity index (χ3n) is 7.91. The quantitative estimate of drug-likeness (QED) is 0.112.